The zero-order chi connectivity index (χ0) is 13.2. The van der Waals surface area contributed by atoms with Gasteiger partial charge in [0.2, 0.25) is 0 Å². The summed E-state index contributed by atoms with van der Waals surface area (Å²) in [5.41, 5.74) is 1.75. The summed E-state index contributed by atoms with van der Waals surface area (Å²) in [4.78, 5) is 1.07. The van der Waals surface area contributed by atoms with Gasteiger partial charge in [0.25, 0.3) is 0 Å². The molecule has 0 fully saturated rings. The third-order valence-electron chi connectivity index (χ3n) is 2.85. The molecule has 0 aliphatic rings. The van der Waals surface area contributed by atoms with Crippen LogP contribution in [0.1, 0.15) is 18.6 Å². The molecule has 3 rings (SSSR count). The molecule has 0 radical (unpaired) electrons. The number of pyridine rings is 1. The third kappa shape index (κ3) is 2.47. The highest BCUT2D eigenvalue weighted by Crippen LogP contribution is 2.27. The Labute approximate surface area is 115 Å². The van der Waals surface area contributed by atoms with Gasteiger partial charge in [-0.25, -0.2) is 0 Å². The molecule has 2 heterocycles. The Morgan fingerprint density at radius 2 is 1.89 bits per heavy atom. The molecule has 1 N–H and O–H groups in total. The fraction of sp³-hybridized carbons (Fsp3) is 0.143. The van der Waals surface area contributed by atoms with Crippen LogP contribution in [0.15, 0.2) is 58.7 Å². The monoisotopic (exact) mass is 271 g/mol. The van der Waals surface area contributed by atoms with Crippen molar-refractivity contribution in [3.05, 3.63) is 54.2 Å². The first-order valence-electron chi connectivity index (χ1n) is 6.00. The molecule has 0 aliphatic heterocycles. The lowest BCUT2D eigenvalue weighted by Crippen LogP contribution is -1.90. The number of aromatic nitrogens is 3. The molecule has 0 bridgehead atoms. The van der Waals surface area contributed by atoms with Gasteiger partial charge in [0.1, 0.15) is 0 Å². The van der Waals surface area contributed by atoms with Crippen LogP contribution in [-0.2, 0) is 0 Å². The average Bonchev–Trinajstić information content (AvgIpc) is 2.83. The van der Waals surface area contributed by atoms with Crippen LogP contribution in [0.3, 0.4) is 0 Å². The molecule has 96 valence electrons. The highest BCUT2D eigenvalue weighted by molar-refractivity contribution is 7.99. The molecule has 0 aliphatic carbocycles. The van der Waals surface area contributed by atoms with Crippen LogP contribution in [0.4, 0.5) is 0 Å². The maximum Gasteiger partial charge on any atom is 0.200 e. The summed E-state index contributed by atoms with van der Waals surface area (Å²) in [5, 5.41) is 18.6. The maximum atomic E-state index is 9.48. The van der Waals surface area contributed by atoms with Crippen molar-refractivity contribution in [1.82, 2.24) is 14.6 Å². The number of rotatable bonds is 3. The molecule has 19 heavy (non-hydrogen) atoms. The number of nitrogens with zero attached hydrogens (tertiary/aromatic N) is 3. The van der Waals surface area contributed by atoms with Gasteiger partial charge in [0, 0.05) is 11.1 Å². The molecule has 3 aromatic rings. The molecule has 1 aromatic carbocycles. The second kappa shape index (κ2) is 5.03. The topological polar surface area (TPSA) is 50.4 Å². The molecule has 2 aromatic heterocycles. The van der Waals surface area contributed by atoms with Crippen molar-refractivity contribution in [3.63, 3.8) is 0 Å². The van der Waals surface area contributed by atoms with E-state index in [2.05, 4.69) is 10.2 Å². The summed E-state index contributed by atoms with van der Waals surface area (Å²) < 4.78 is 1.95. The zero-order valence-electron chi connectivity index (χ0n) is 10.4. The molecule has 0 unspecified atom stereocenters. The van der Waals surface area contributed by atoms with Crippen LogP contribution >= 0.6 is 11.8 Å². The molecular formula is C14H13N3OS. The summed E-state index contributed by atoms with van der Waals surface area (Å²) in [5.74, 6) is 0. The van der Waals surface area contributed by atoms with Crippen molar-refractivity contribution >= 4 is 17.4 Å². The Morgan fingerprint density at radius 3 is 2.63 bits per heavy atom. The van der Waals surface area contributed by atoms with Crippen molar-refractivity contribution in [2.24, 2.45) is 0 Å². The molecule has 5 heteroatoms. The summed E-state index contributed by atoms with van der Waals surface area (Å²) in [6.45, 7) is 1.76. The van der Waals surface area contributed by atoms with Crippen molar-refractivity contribution < 1.29 is 5.11 Å². The SMILES string of the molecule is C[C@H](O)c1ccc(Sc2nnc3ccccn23)cc1. The lowest BCUT2D eigenvalue weighted by molar-refractivity contribution is 0.199. The van der Waals surface area contributed by atoms with E-state index in [1.54, 1.807) is 18.7 Å². The molecule has 1 atom stereocenters. The van der Waals surface area contributed by atoms with Crippen LogP contribution in [-0.4, -0.2) is 19.7 Å². The Bertz CT molecular complexity index is 691. The van der Waals surface area contributed by atoms with Crippen molar-refractivity contribution in [2.45, 2.75) is 23.1 Å². The van der Waals surface area contributed by atoms with E-state index in [4.69, 9.17) is 0 Å². The van der Waals surface area contributed by atoms with Gasteiger partial charge in [0.05, 0.1) is 6.10 Å². The van der Waals surface area contributed by atoms with Crippen molar-refractivity contribution in [1.29, 1.82) is 0 Å². The van der Waals surface area contributed by atoms with E-state index in [1.807, 2.05) is 53.1 Å². The van der Waals surface area contributed by atoms with Gasteiger partial charge in [-0.1, -0.05) is 18.2 Å². The van der Waals surface area contributed by atoms with Crippen LogP contribution in [0, 0.1) is 0 Å². The number of aliphatic hydroxyl groups is 1. The normalized spacial score (nSPS) is 12.7. The number of benzene rings is 1. The van der Waals surface area contributed by atoms with Crippen LogP contribution in [0.25, 0.3) is 5.65 Å². The largest absolute Gasteiger partial charge is 0.389 e. The molecule has 0 amide bonds. The predicted molar refractivity (Wildman–Crippen MR) is 74.2 cm³/mol. The minimum atomic E-state index is -0.437. The van der Waals surface area contributed by atoms with Gasteiger partial charge in [-0.05, 0) is 48.5 Å². The third-order valence-corrected chi connectivity index (χ3v) is 3.82. The first kappa shape index (κ1) is 12.2. The molecule has 4 nitrogen and oxygen atoms in total. The van der Waals surface area contributed by atoms with E-state index < -0.39 is 6.10 Å². The molecule has 0 spiro atoms. The van der Waals surface area contributed by atoms with Crippen LogP contribution in [0.5, 0.6) is 0 Å². The van der Waals surface area contributed by atoms with Gasteiger partial charge >= 0.3 is 0 Å². The second-order valence-corrected chi connectivity index (χ2v) is 5.30. The highest BCUT2D eigenvalue weighted by Gasteiger charge is 2.07. The second-order valence-electron chi connectivity index (χ2n) is 4.26. The Balaban J connectivity index is 1.88. The number of aliphatic hydroxyl groups excluding tert-OH is 1. The Morgan fingerprint density at radius 1 is 1.11 bits per heavy atom. The predicted octanol–water partition coefficient (Wildman–Crippen LogP) is 2.93. The highest BCUT2D eigenvalue weighted by atomic mass is 32.2. The summed E-state index contributed by atoms with van der Waals surface area (Å²) in [6.07, 6.45) is 1.51. The summed E-state index contributed by atoms with van der Waals surface area (Å²) in [7, 11) is 0. The summed E-state index contributed by atoms with van der Waals surface area (Å²) in [6, 6.07) is 13.6. The lowest BCUT2D eigenvalue weighted by Gasteiger charge is -2.05. The first-order chi connectivity index (χ1) is 9.24. The lowest BCUT2D eigenvalue weighted by atomic mass is 10.1. The van der Waals surface area contributed by atoms with Gasteiger partial charge in [-0.2, -0.15) is 0 Å². The fourth-order valence-corrected chi connectivity index (χ4v) is 2.63. The first-order valence-corrected chi connectivity index (χ1v) is 6.81. The maximum absolute atomic E-state index is 9.48. The zero-order valence-corrected chi connectivity index (χ0v) is 11.2. The Kier molecular flexibility index (Phi) is 3.23. The minimum Gasteiger partial charge on any atom is -0.389 e. The fourth-order valence-electron chi connectivity index (χ4n) is 1.81. The van der Waals surface area contributed by atoms with Gasteiger partial charge in [-0.3, -0.25) is 4.40 Å². The number of hydrogen-bond donors (Lipinski definition) is 1. The van der Waals surface area contributed by atoms with E-state index >= 15 is 0 Å². The molecular weight excluding hydrogens is 258 g/mol. The Hall–Kier alpha value is -1.85. The number of hydrogen-bond acceptors (Lipinski definition) is 4. The van der Waals surface area contributed by atoms with E-state index in [-0.39, 0.29) is 0 Å². The van der Waals surface area contributed by atoms with Gasteiger partial charge in [-0.15, -0.1) is 10.2 Å². The molecule has 0 saturated heterocycles. The average molecular weight is 271 g/mol. The van der Waals surface area contributed by atoms with E-state index in [9.17, 15) is 5.11 Å². The van der Waals surface area contributed by atoms with Crippen LogP contribution < -0.4 is 0 Å². The van der Waals surface area contributed by atoms with E-state index in [0.29, 0.717) is 0 Å². The van der Waals surface area contributed by atoms with Gasteiger partial charge in [0.15, 0.2) is 10.8 Å². The summed E-state index contributed by atoms with van der Waals surface area (Å²) >= 11 is 1.55. The van der Waals surface area contributed by atoms with E-state index in [1.165, 1.54) is 0 Å². The van der Waals surface area contributed by atoms with Crippen LogP contribution in [0.2, 0.25) is 0 Å². The molecule has 0 saturated carbocycles. The van der Waals surface area contributed by atoms with Crippen molar-refractivity contribution in [3.8, 4) is 0 Å². The smallest absolute Gasteiger partial charge is 0.200 e. The van der Waals surface area contributed by atoms with Gasteiger partial charge < -0.3 is 5.11 Å². The quantitative estimate of drug-likeness (QED) is 0.795. The van der Waals surface area contributed by atoms with E-state index in [0.717, 1.165) is 21.3 Å². The minimum absolute atomic E-state index is 0.437. The number of fused-ring (bicyclic) bond motifs is 1. The van der Waals surface area contributed by atoms with Crippen molar-refractivity contribution in [2.75, 3.05) is 0 Å². The standard InChI is InChI=1S/C14H13N3OS/c1-10(18)11-5-7-12(8-6-11)19-14-16-15-13-4-2-3-9-17(13)14/h2-10,18H,1H3/t10-/m0/s1.